The van der Waals surface area contributed by atoms with Crippen LogP contribution in [0.4, 0.5) is 14.5 Å². The highest BCUT2D eigenvalue weighted by Crippen LogP contribution is 2.13. The Hall–Kier alpha value is -4.48. The lowest BCUT2D eigenvalue weighted by atomic mass is 10.2. The first-order chi connectivity index (χ1) is 16.3. The van der Waals surface area contributed by atoms with Gasteiger partial charge in [-0.25, -0.2) is 23.2 Å². The molecule has 1 amide bonds. The summed E-state index contributed by atoms with van der Waals surface area (Å²) in [5, 5.41) is 10.3. The first kappa shape index (κ1) is 22.7. The third-order valence-corrected chi connectivity index (χ3v) is 4.74. The molecular formula is C22H18F2N6O4. The predicted molar refractivity (Wildman–Crippen MR) is 116 cm³/mol. The first-order valence-electron chi connectivity index (χ1n) is 10.1. The number of hydrogen-bond donors (Lipinski definition) is 1. The molecule has 4 aromatic rings. The van der Waals surface area contributed by atoms with Crippen LogP contribution in [0.3, 0.4) is 0 Å². The summed E-state index contributed by atoms with van der Waals surface area (Å²) in [4.78, 5) is 41.0. The van der Waals surface area contributed by atoms with Gasteiger partial charge in [0.25, 0.3) is 5.56 Å². The number of nitrogens with zero attached hydrogens (tertiary/aromatic N) is 5. The fraction of sp³-hybridized carbons (Fsp3) is 0.182. The number of nitrogens with one attached hydrogen (secondary N) is 1. The normalized spacial score (nSPS) is 10.9. The molecule has 0 bridgehead atoms. The van der Waals surface area contributed by atoms with Crippen molar-refractivity contribution in [2.24, 2.45) is 0 Å². The van der Waals surface area contributed by atoms with Gasteiger partial charge in [0.15, 0.2) is 11.2 Å². The van der Waals surface area contributed by atoms with Gasteiger partial charge in [-0.15, -0.1) is 5.10 Å². The molecule has 34 heavy (non-hydrogen) atoms. The molecule has 0 unspecified atom stereocenters. The van der Waals surface area contributed by atoms with Crippen LogP contribution in [0.15, 0.2) is 53.6 Å². The lowest BCUT2D eigenvalue weighted by Gasteiger charge is -2.08. The summed E-state index contributed by atoms with van der Waals surface area (Å²) in [5.74, 6) is -2.45. The molecule has 174 valence electrons. The minimum atomic E-state index is -0.740. The van der Waals surface area contributed by atoms with Crippen LogP contribution >= 0.6 is 0 Å². The number of esters is 1. The minimum Gasteiger partial charge on any atom is -0.462 e. The number of carbonyl (C=O) groups excluding carboxylic acids is 2. The van der Waals surface area contributed by atoms with Crippen LogP contribution in [0.2, 0.25) is 0 Å². The molecule has 4 rings (SSSR count). The van der Waals surface area contributed by atoms with Crippen LogP contribution < -0.4 is 10.9 Å². The zero-order valence-corrected chi connectivity index (χ0v) is 17.9. The van der Waals surface area contributed by atoms with Crippen LogP contribution in [0.5, 0.6) is 0 Å². The molecule has 2 aromatic heterocycles. The van der Waals surface area contributed by atoms with Gasteiger partial charge in [0.05, 0.1) is 18.7 Å². The molecule has 0 atom stereocenters. The quantitative estimate of drug-likeness (QED) is 0.413. The van der Waals surface area contributed by atoms with E-state index < -0.39 is 29.1 Å². The lowest BCUT2D eigenvalue weighted by molar-refractivity contribution is -0.116. The summed E-state index contributed by atoms with van der Waals surface area (Å²) in [7, 11) is 0. The van der Waals surface area contributed by atoms with E-state index in [1.54, 1.807) is 6.92 Å². The number of anilines is 1. The molecule has 0 aliphatic rings. The Balaban J connectivity index is 1.47. The maximum atomic E-state index is 13.4. The molecule has 0 saturated heterocycles. The number of halogens is 2. The summed E-state index contributed by atoms with van der Waals surface area (Å²) in [6.45, 7) is 1.56. The van der Waals surface area contributed by atoms with E-state index in [-0.39, 0.29) is 36.4 Å². The molecule has 2 heterocycles. The fourth-order valence-corrected chi connectivity index (χ4v) is 3.24. The van der Waals surface area contributed by atoms with Crippen molar-refractivity contribution < 1.29 is 23.1 Å². The molecule has 0 fully saturated rings. The second kappa shape index (κ2) is 9.57. The highest BCUT2D eigenvalue weighted by Gasteiger charge is 2.15. The van der Waals surface area contributed by atoms with Gasteiger partial charge in [-0.1, -0.05) is 5.21 Å². The van der Waals surface area contributed by atoms with Crippen molar-refractivity contribution >= 4 is 28.7 Å². The van der Waals surface area contributed by atoms with Crippen molar-refractivity contribution in [2.75, 3.05) is 11.9 Å². The van der Waals surface area contributed by atoms with E-state index in [2.05, 4.69) is 20.6 Å². The van der Waals surface area contributed by atoms with E-state index in [4.69, 9.17) is 4.74 Å². The average molecular weight is 468 g/mol. The molecule has 0 radical (unpaired) electrons. The highest BCUT2D eigenvalue weighted by atomic mass is 19.1. The van der Waals surface area contributed by atoms with Crippen molar-refractivity contribution in [3.8, 4) is 0 Å². The Labute approximate surface area is 190 Å². The molecular weight excluding hydrogens is 450 g/mol. The maximum Gasteiger partial charge on any atom is 0.338 e. The summed E-state index contributed by atoms with van der Waals surface area (Å²) in [5.41, 5.74) is 0.466. The fourth-order valence-electron chi connectivity index (χ4n) is 3.24. The number of hydrogen-bond acceptors (Lipinski definition) is 7. The van der Waals surface area contributed by atoms with Crippen LogP contribution in [0.25, 0.3) is 11.2 Å². The zero-order chi connectivity index (χ0) is 24.2. The number of aromatic nitrogens is 5. The Morgan fingerprint density at radius 3 is 2.47 bits per heavy atom. The molecule has 2 aromatic carbocycles. The second-order valence-electron chi connectivity index (χ2n) is 7.22. The minimum absolute atomic E-state index is 0.0517. The number of benzene rings is 2. The van der Waals surface area contributed by atoms with E-state index in [1.807, 2.05) is 0 Å². The Bertz CT molecular complexity index is 1410. The molecule has 0 aliphatic heterocycles. The number of amides is 1. The van der Waals surface area contributed by atoms with Crippen molar-refractivity contribution in [2.45, 2.75) is 20.0 Å². The predicted octanol–water partition coefficient (Wildman–Crippen LogP) is 2.13. The van der Waals surface area contributed by atoms with Crippen molar-refractivity contribution in [3.05, 3.63) is 81.9 Å². The van der Waals surface area contributed by atoms with Crippen molar-refractivity contribution in [3.63, 3.8) is 0 Å². The van der Waals surface area contributed by atoms with E-state index >= 15 is 0 Å². The maximum absolute atomic E-state index is 13.4. The average Bonchev–Trinajstić information content (AvgIpc) is 3.19. The van der Waals surface area contributed by atoms with Gasteiger partial charge in [-0.3, -0.25) is 14.2 Å². The van der Waals surface area contributed by atoms with Gasteiger partial charge in [-0.05, 0) is 48.9 Å². The number of ether oxygens (including phenoxy) is 1. The molecule has 0 spiro atoms. The van der Waals surface area contributed by atoms with E-state index in [0.29, 0.717) is 11.3 Å². The monoisotopic (exact) mass is 468 g/mol. The third kappa shape index (κ3) is 4.95. The number of carbonyl (C=O) groups is 2. The van der Waals surface area contributed by atoms with Gasteiger partial charge in [0.2, 0.25) is 5.91 Å². The largest absolute Gasteiger partial charge is 0.462 e. The zero-order valence-electron chi connectivity index (χ0n) is 17.9. The smallest absolute Gasteiger partial charge is 0.338 e. The van der Waals surface area contributed by atoms with Gasteiger partial charge in [0, 0.05) is 11.8 Å². The first-order valence-corrected chi connectivity index (χ1v) is 10.1. The highest BCUT2D eigenvalue weighted by molar-refractivity contribution is 5.93. The lowest BCUT2D eigenvalue weighted by Crippen LogP contribution is -2.28. The number of fused-ring (bicyclic) bond motifs is 1. The van der Waals surface area contributed by atoms with E-state index in [1.165, 1.54) is 35.3 Å². The van der Waals surface area contributed by atoms with Gasteiger partial charge in [0.1, 0.15) is 24.5 Å². The van der Waals surface area contributed by atoms with Crippen molar-refractivity contribution in [1.29, 1.82) is 0 Å². The Morgan fingerprint density at radius 1 is 1.09 bits per heavy atom. The molecule has 12 heteroatoms. The van der Waals surface area contributed by atoms with E-state index in [9.17, 15) is 23.2 Å². The summed E-state index contributed by atoms with van der Waals surface area (Å²) >= 11 is 0. The van der Waals surface area contributed by atoms with Crippen molar-refractivity contribution in [1.82, 2.24) is 24.5 Å². The summed E-state index contributed by atoms with van der Waals surface area (Å²) in [6.07, 6.45) is 1.17. The van der Waals surface area contributed by atoms with Crippen LogP contribution in [0, 0.1) is 11.6 Å². The van der Waals surface area contributed by atoms with Crippen LogP contribution in [0.1, 0.15) is 22.8 Å². The van der Waals surface area contributed by atoms with E-state index in [0.717, 1.165) is 22.8 Å². The standard InChI is InChI=1S/C22H18F2N6O4/c1-2-34-22(33)14-3-5-17(6-4-14)26-18(31)11-29-12-25-20-19(21(29)32)27-28-30(20)10-13-7-15(23)9-16(24)8-13/h3-9,12H,2,10-11H2,1H3,(H,26,31). The van der Waals surface area contributed by atoms with Gasteiger partial charge in [-0.2, -0.15) is 0 Å². The topological polar surface area (TPSA) is 121 Å². The number of rotatable bonds is 7. The Morgan fingerprint density at radius 2 is 1.79 bits per heavy atom. The summed E-state index contributed by atoms with van der Waals surface area (Å²) < 4.78 is 34.1. The molecule has 1 N–H and O–H groups in total. The Kier molecular flexibility index (Phi) is 6.39. The third-order valence-electron chi connectivity index (χ3n) is 4.74. The van der Waals surface area contributed by atoms with Gasteiger partial charge >= 0.3 is 5.97 Å². The van der Waals surface area contributed by atoms with Crippen LogP contribution in [-0.4, -0.2) is 43.0 Å². The SMILES string of the molecule is CCOC(=O)c1ccc(NC(=O)Cn2cnc3c(nnn3Cc3cc(F)cc(F)c3)c2=O)cc1. The van der Waals surface area contributed by atoms with Gasteiger partial charge < -0.3 is 10.1 Å². The van der Waals surface area contributed by atoms with Crippen LogP contribution in [-0.2, 0) is 22.6 Å². The second-order valence-corrected chi connectivity index (χ2v) is 7.22. The summed E-state index contributed by atoms with van der Waals surface area (Å²) in [6, 6.07) is 9.12. The molecule has 10 nitrogen and oxygen atoms in total. The molecule has 0 saturated carbocycles. The molecule has 0 aliphatic carbocycles.